The molecule has 4 heteroatoms. The number of halogens is 1. The van der Waals surface area contributed by atoms with E-state index in [2.05, 4.69) is 10.6 Å². The fourth-order valence-corrected chi connectivity index (χ4v) is 1.87. The first-order chi connectivity index (χ1) is 7.79. The van der Waals surface area contributed by atoms with Crippen LogP contribution in [0, 0.1) is 5.92 Å². The number of benzene rings is 1. The van der Waals surface area contributed by atoms with Gasteiger partial charge >= 0.3 is 0 Å². The van der Waals surface area contributed by atoms with Crippen LogP contribution >= 0.6 is 11.6 Å². The monoisotopic (exact) mass is 240 g/mol. The highest BCUT2D eigenvalue weighted by atomic mass is 35.5. The highest BCUT2D eigenvalue weighted by Crippen LogP contribution is 2.27. The Morgan fingerprint density at radius 1 is 1.50 bits per heavy atom. The third kappa shape index (κ3) is 2.80. The first kappa shape index (κ1) is 11.6. The van der Waals surface area contributed by atoms with Crippen LogP contribution in [0.25, 0.3) is 0 Å². The molecule has 1 aromatic rings. The standard InChI is InChI=1S/C12H17ClN2O/c1-2-16-12-4-3-10(5-11(12)13)15-8-9-6-14-7-9/h3-5,9,14-15H,2,6-8H2,1H3. The summed E-state index contributed by atoms with van der Waals surface area (Å²) in [6.07, 6.45) is 0. The van der Waals surface area contributed by atoms with E-state index in [4.69, 9.17) is 16.3 Å². The average molecular weight is 241 g/mol. The third-order valence-corrected chi connectivity index (χ3v) is 2.99. The van der Waals surface area contributed by atoms with E-state index in [-0.39, 0.29) is 0 Å². The van der Waals surface area contributed by atoms with E-state index >= 15 is 0 Å². The Morgan fingerprint density at radius 2 is 2.31 bits per heavy atom. The van der Waals surface area contributed by atoms with Gasteiger partial charge in [-0.15, -0.1) is 0 Å². The highest BCUT2D eigenvalue weighted by Gasteiger charge is 2.15. The van der Waals surface area contributed by atoms with Crippen LogP contribution in [0.2, 0.25) is 5.02 Å². The highest BCUT2D eigenvalue weighted by molar-refractivity contribution is 6.32. The van der Waals surface area contributed by atoms with Crippen LogP contribution in [0.3, 0.4) is 0 Å². The SMILES string of the molecule is CCOc1ccc(NCC2CNC2)cc1Cl. The van der Waals surface area contributed by atoms with Gasteiger partial charge in [0.25, 0.3) is 0 Å². The molecule has 1 heterocycles. The molecule has 0 amide bonds. The lowest BCUT2D eigenvalue weighted by atomic mass is 10.0. The second kappa shape index (κ2) is 5.41. The summed E-state index contributed by atoms with van der Waals surface area (Å²) < 4.78 is 5.38. The van der Waals surface area contributed by atoms with E-state index in [1.807, 2.05) is 25.1 Å². The molecule has 0 radical (unpaired) electrons. The summed E-state index contributed by atoms with van der Waals surface area (Å²) in [6.45, 7) is 5.80. The lowest BCUT2D eigenvalue weighted by Gasteiger charge is -2.27. The molecule has 0 aromatic heterocycles. The van der Waals surface area contributed by atoms with Gasteiger partial charge in [0.2, 0.25) is 0 Å². The number of ether oxygens (including phenoxy) is 1. The van der Waals surface area contributed by atoms with E-state index in [1.165, 1.54) is 0 Å². The van der Waals surface area contributed by atoms with Gasteiger partial charge in [-0.1, -0.05) is 11.6 Å². The van der Waals surface area contributed by atoms with Crippen LogP contribution < -0.4 is 15.4 Å². The fourth-order valence-electron chi connectivity index (χ4n) is 1.64. The summed E-state index contributed by atoms with van der Waals surface area (Å²) in [5.74, 6) is 1.49. The summed E-state index contributed by atoms with van der Waals surface area (Å²) in [5, 5.41) is 7.29. The molecule has 3 nitrogen and oxygen atoms in total. The smallest absolute Gasteiger partial charge is 0.138 e. The first-order valence-electron chi connectivity index (χ1n) is 5.66. The minimum atomic E-state index is 0.639. The molecule has 1 saturated heterocycles. The van der Waals surface area contributed by atoms with Crippen LogP contribution in [0.4, 0.5) is 5.69 Å². The predicted octanol–water partition coefficient (Wildman–Crippen LogP) is 2.37. The van der Waals surface area contributed by atoms with Crippen LogP contribution in [-0.4, -0.2) is 26.2 Å². The Morgan fingerprint density at radius 3 is 2.88 bits per heavy atom. The molecule has 0 atom stereocenters. The van der Waals surface area contributed by atoms with Crippen molar-refractivity contribution < 1.29 is 4.74 Å². The van der Waals surface area contributed by atoms with Crippen molar-refractivity contribution >= 4 is 17.3 Å². The number of hydrogen-bond donors (Lipinski definition) is 2. The molecule has 1 aliphatic rings. The van der Waals surface area contributed by atoms with E-state index in [0.717, 1.165) is 37.0 Å². The van der Waals surface area contributed by atoms with Crippen molar-refractivity contribution in [3.63, 3.8) is 0 Å². The van der Waals surface area contributed by atoms with Gasteiger partial charge in [-0.25, -0.2) is 0 Å². The van der Waals surface area contributed by atoms with E-state index in [9.17, 15) is 0 Å². The zero-order chi connectivity index (χ0) is 11.4. The van der Waals surface area contributed by atoms with Crippen LogP contribution in [0.15, 0.2) is 18.2 Å². The fraction of sp³-hybridized carbons (Fsp3) is 0.500. The molecule has 0 unspecified atom stereocenters. The average Bonchev–Trinajstić information content (AvgIpc) is 2.20. The molecule has 1 aromatic carbocycles. The molecule has 16 heavy (non-hydrogen) atoms. The molecular formula is C12H17ClN2O. The number of nitrogens with one attached hydrogen (secondary N) is 2. The Balaban J connectivity index is 1.91. The lowest BCUT2D eigenvalue weighted by molar-refractivity contribution is 0.340. The van der Waals surface area contributed by atoms with Gasteiger partial charge in [0.15, 0.2) is 0 Å². The van der Waals surface area contributed by atoms with Gasteiger partial charge in [0.1, 0.15) is 5.75 Å². The van der Waals surface area contributed by atoms with E-state index in [0.29, 0.717) is 11.6 Å². The quantitative estimate of drug-likeness (QED) is 0.829. The zero-order valence-corrected chi connectivity index (χ0v) is 10.2. The van der Waals surface area contributed by atoms with Gasteiger partial charge in [-0.05, 0) is 25.1 Å². The number of rotatable bonds is 5. The summed E-state index contributed by atoms with van der Waals surface area (Å²) in [7, 11) is 0. The van der Waals surface area contributed by atoms with Crippen molar-refractivity contribution in [1.29, 1.82) is 0 Å². The topological polar surface area (TPSA) is 33.3 Å². The van der Waals surface area contributed by atoms with Gasteiger partial charge in [-0.2, -0.15) is 0 Å². The summed E-state index contributed by atoms with van der Waals surface area (Å²) in [6, 6.07) is 5.83. The van der Waals surface area contributed by atoms with Gasteiger partial charge in [-0.3, -0.25) is 0 Å². The van der Waals surface area contributed by atoms with Gasteiger partial charge in [0, 0.05) is 31.2 Å². The van der Waals surface area contributed by atoms with Crippen molar-refractivity contribution in [2.24, 2.45) is 5.92 Å². The summed E-state index contributed by atoms with van der Waals surface area (Å²) in [4.78, 5) is 0. The van der Waals surface area contributed by atoms with Crippen LogP contribution in [0.5, 0.6) is 5.75 Å². The molecule has 2 rings (SSSR count). The van der Waals surface area contributed by atoms with Gasteiger partial charge < -0.3 is 15.4 Å². The van der Waals surface area contributed by atoms with Crippen molar-refractivity contribution in [1.82, 2.24) is 5.32 Å². The van der Waals surface area contributed by atoms with E-state index in [1.54, 1.807) is 0 Å². The Labute approximate surface area is 101 Å². The second-order valence-electron chi connectivity index (χ2n) is 3.98. The first-order valence-corrected chi connectivity index (χ1v) is 6.04. The molecular weight excluding hydrogens is 224 g/mol. The largest absolute Gasteiger partial charge is 0.492 e. The molecule has 0 spiro atoms. The Kier molecular flexibility index (Phi) is 3.91. The van der Waals surface area contributed by atoms with Gasteiger partial charge in [0.05, 0.1) is 11.6 Å². The molecule has 0 aliphatic carbocycles. The maximum atomic E-state index is 6.09. The Hall–Kier alpha value is -0.930. The minimum Gasteiger partial charge on any atom is -0.492 e. The summed E-state index contributed by atoms with van der Waals surface area (Å²) in [5.41, 5.74) is 1.06. The second-order valence-corrected chi connectivity index (χ2v) is 4.39. The van der Waals surface area contributed by atoms with Crippen molar-refractivity contribution in [2.75, 3.05) is 31.6 Å². The lowest BCUT2D eigenvalue weighted by Crippen LogP contribution is -2.45. The maximum absolute atomic E-state index is 6.09. The molecule has 88 valence electrons. The molecule has 1 fully saturated rings. The normalized spacial score (nSPS) is 15.6. The molecule has 2 N–H and O–H groups in total. The predicted molar refractivity (Wildman–Crippen MR) is 67.5 cm³/mol. The Bertz CT molecular complexity index is 353. The molecule has 0 saturated carbocycles. The van der Waals surface area contributed by atoms with E-state index < -0.39 is 0 Å². The third-order valence-electron chi connectivity index (χ3n) is 2.69. The van der Waals surface area contributed by atoms with Crippen molar-refractivity contribution in [3.8, 4) is 5.75 Å². The summed E-state index contributed by atoms with van der Waals surface area (Å²) >= 11 is 6.09. The van der Waals surface area contributed by atoms with Crippen molar-refractivity contribution in [3.05, 3.63) is 23.2 Å². The number of hydrogen-bond acceptors (Lipinski definition) is 3. The molecule has 0 bridgehead atoms. The van der Waals surface area contributed by atoms with Crippen molar-refractivity contribution in [2.45, 2.75) is 6.92 Å². The minimum absolute atomic E-state index is 0.639. The number of anilines is 1. The molecule has 1 aliphatic heterocycles. The maximum Gasteiger partial charge on any atom is 0.138 e. The zero-order valence-electron chi connectivity index (χ0n) is 9.42. The van der Waals surface area contributed by atoms with Crippen LogP contribution in [0.1, 0.15) is 6.92 Å². The van der Waals surface area contributed by atoms with Crippen LogP contribution in [-0.2, 0) is 0 Å².